The van der Waals surface area contributed by atoms with Crippen molar-refractivity contribution in [3.63, 3.8) is 0 Å². The minimum absolute atomic E-state index is 0.162. The fraction of sp³-hybridized carbons (Fsp3) is 0.364. The van der Waals surface area contributed by atoms with Gasteiger partial charge in [0, 0.05) is 6.04 Å². The van der Waals surface area contributed by atoms with Gasteiger partial charge in [-0.05, 0) is 12.5 Å². The van der Waals surface area contributed by atoms with Gasteiger partial charge in [-0.2, -0.15) is 0 Å². The van der Waals surface area contributed by atoms with Crippen molar-refractivity contribution in [2.45, 2.75) is 13.0 Å². The first-order valence-electron chi connectivity index (χ1n) is 4.59. The summed E-state index contributed by atoms with van der Waals surface area (Å²) in [4.78, 5) is 10.9. The van der Waals surface area contributed by atoms with E-state index in [0.717, 1.165) is 5.56 Å². The Morgan fingerprint density at radius 2 is 2.07 bits per heavy atom. The lowest BCUT2D eigenvalue weighted by molar-refractivity contribution is -0.139. The first kappa shape index (κ1) is 10.7. The maximum absolute atomic E-state index is 10.9. The summed E-state index contributed by atoms with van der Waals surface area (Å²) < 4.78 is 4.54. The SMILES string of the molecule is COC(=O)CNC(C)c1ccccc1. The van der Waals surface area contributed by atoms with Crippen molar-refractivity contribution in [1.82, 2.24) is 5.32 Å². The molecule has 3 nitrogen and oxygen atoms in total. The molecule has 0 aliphatic heterocycles. The number of benzene rings is 1. The van der Waals surface area contributed by atoms with Gasteiger partial charge in [0.25, 0.3) is 0 Å². The van der Waals surface area contributed by atoms with E-state index in [4.69, 9.17) is 0 Å². The molecule has 0 fully saturated rings. The van der Waals surface area contributed by atoms with Crippen molar-refractivity contribution in [1.29, 1.82) is 0 Å². The minimum Gasteiger partial charge on any atom is -0.468 e. The van der Waals surface area contributed by atoms with E-state index in [1.165, 1.54) is 7.11 Å². The minimum atomic E-state index is -0.243. The number of nitrogens with one attached hydrogen (secondary N) is 1. The second-order valence-corrected chi connectivity index (χ2v) is 3.09. The van der Waals surface area contributed by atoms with Crippen LogP contribution < -0.4 is 5.32 Å². The first-order valence-corrected chi connectivity index (χ1v) is 4.59. The maximum Gasteiger partial charge on any atom is 0.319 e. The van der Waals surface area contributed by atoms with Gasteiger partial charge in [-0.15, -0.1) is 0 Å². The predicted molar refractivity (Wildman–Crippen MR) is 54.9 cm³/mol. The second-order valence-electron chi connectivity index (χ2n) is 3.09. The number of methoxy groups -OCH3 is 1. The van der Waals surface area contributed by atoms with Gasteiger partial charge in [-0.3, -0.25) is 4.79 Å². The summed E-state index contributed by atoms with van der Waals surface area (Å²) in [5.41, 5.74) is 1.16. The summed E-state index contributed by atoms with van der Waals surface area (Å²) in [6.45, 7) is 2.25. The molecule has 76 valence electrons. The summed E-state index contributed by atoms with van der Waals surface area (Å²) in [6, 6.07) is 10.1. The third-order valence-corrected chi connectivity index (χ3v) is 2.08. The van der Waals surface area contributed by atoms with E-state index >= 15 is 0 Å². The molecule has 0 saturated carbocycles. The molecule has 0 amide bonds. The molecule has 0 saturated heterocycles. The molecule has 1 aromatic carbocycles. The van der Waals surface area contributed by atoms with Crippen LogP contribution in [0.4, 0.5) is 0 Å². The zero-order chi connectivity index (χ0) is 10.4. The molecule has 0 bridgehead atoms. The average Bonchev–Trinajstić information content (AvgIpc) is 2.26. The van der Waals surface area contributed by atoms with Gasteiger partial charge in [0.15, 0.2) is 0 Å². The Balaban J connectivity index is 2.43. The van der Waals surface area contributed by atoms with Crippen LogP contribution in [-0.2, 0) is 9.53 Å². The smallest absolute Gasteiger partial charge is 0.319 e. The highest BCUT2D eigenvalue weighted by molar-refractivity contribution is 5.71. The average molecular weight is 193 g/mol. The van der Waals surface area contributed by atoms with Crippen LogP contribution in [0.5, 0.6) is 0 Å². The summed E-state index contributed by atoms with van der Waals surface area (Å²) >= 11 is 0. The highest BCUT2D eigenvalue weighted by Gasteiger charge is 2.06. The van der Waals surface area contributed by atoms with Crippen LogP contribution in [0, 0.1) is 0 Å². The van der Waals surface area contributed by atoms with Gasteiger partial charge >= 0.3 is 5.97 Å². The fourth-order valence-electron chi connectivity index (χ4n) is 1.17. The van der Waals surface area contributed by atoms with E-state index < -0.39 is 0 Å². The van der Waals surface area contributed by atoms with E-state index in [0.29, 0.717) is 0 Å². The largest absolute Gasteiger partial charge is 0.468 e. The van der Waals surface area contributed by atoms with Crippen molar-refractivity contribution in [3.05, 3.63) is 35.9 Å². The van der Waals surface area contributed by atoms with E-state index in [2.05, 4.69) is 10.1 Å². The van der Waals surface area contributed by atoms with Gasteiger partial charge in [-0.25, -0.2) is 0 Å². The summed E-state index contributed by atoms with van der Waals surface area (Å²) in [5, 5.41) is 3.08. The van der Waals surface area contributed by atoms with Crippen LogP contribution in [0.15, 0.2) is 30.3 Å². The summed E-state index contributed by atoms with van der Waals surface area (Å²) in [7, 11) is 1.39. The second kappa shape index (κ2) is 5.40. The Hall–Kier alpha value is -1.35. The standard InChI is InChI=1S/C11H15NO2/c1-9(12-8-11(13)14-2)10-6-4-3-5-7-10/h3-7,9,12H,8H2,1-2H3. The van der Waals surface area contributed by atoms with Gasteiger partial charge in [0.2, 0.25) is 0 Å². The monoisotopic (exact) mass is 193 g/mol. The van der Waals surface area contributed by atoms with Crippen LogP contribution >= 0.6 is 0 Å². The number of carbonyl (C=O) groups excluding carboxylic acids is 1. The Bertz CT molecular complexity index is 285. The molecule has 0 heterocycles. The zero-order valence-electron chi connectivity index (χ0n) is 8.49. The number of ether oxygens (including phenoxy) is 1. The zero-order valence-corrected chi connectivity index (χ0v) is 8.49. The topological polar surface area (TPSA) is 38.3 Å². The van der Waals surface area contributed by atoms with Crippen molar-refractivity contribution < 1.29 is 9.53 Å². The first-order chi connectivity index (χ1) is 6.74. The predicted octanol–water partition coefficient (Wildman–Crippen LogP) is 1.51. The lowest BCUT2D eigenvalue weighted by Gasteiger charge is -2.12. The van der Waals surface area contributed by atoms with Crippen LogP contribution in [0.3, 0.4) is 0 Å². The Kier molecular flexibility index (Phi) is 4.13. The third kappa shape index (κ3) is 3.18. The molecule has 0 aromatic heterocycles. The van der Waals surface area contributed by atoms with Crippen LogP contribution in [0.25, 0.3) is 0 Å². The van der Waals surface area contributed by atoms with Gasteiger partial charge in [0.1, 0.15) is 0 Å². The Morgan fingerprint density at radius 1 is 1.43 bits per heavy atom. The Morgan fingerprint density at radius 3 is 2.64 bits per heavy atom. The molecule has 1 rings (SSSR count). The number of esters is 1. The summed E-state index contributed by atoms with van der Waals surface area (Å²) in [6.07, 6.45) is 0. The molecule has 1 aromatic rings. The van der Waals surface area contributed by atoms with E-state index in [1.54, 1.807) is 0 Å². The molecule has 0 aliphatic rings. The normalized spacial score (nSPS) is 12.1. The number of hydrogen-bond donors (Lipinski definition) is 1. The van der Waals surface area contributed by atoms with E-state index in [9.17, 15) is 4.79 Å². The molecule has 14 heavy (non-hydrogen) atoms. The lowest BCUT2D eigenvalue weighted by Crippen LogP contribution is -2.26. The van der Waals surface area contributed by atoms with Gasteiger partial charge < -0.3 is 10.1 Å². The van der Waals surface area contributed by atoms with Crippen molar-refractivity contribution >= 4 is 5.97 Å². The van der Waals surface area contributed by atoms with E-state index in [1.807, 2.05) is 37.3 Å². The number of carbonyl (C=O) groups is 1. The number of rotatable bonds is 4. The molecular weight excluding hydrogens is 178 g/mol. The molecule has 1 unspecified atom stereocenters. The molecule has 1 N–H and O–H groups in total. The van der Waals surface area contributed by atoms with Crippen molar-refractivity contribution in [2.24, 2.45) is 0 Å². The molecule has 3 heteroatoms. The highest BCUT2D eigenvalue weighted by atomic mass is 16.5. The van der Waals surface area contributed by atoms with E-state index in [-0.39, 0.29) is 18.6 Å². The van der Waals surface area contributed by atoms with Crippen molar-refractivity contribution in [2.75, 3.05) is 13.7 Å². The highest BCUT2D eigenvalue weighted by Crippen LogP contribution is 2.10. The van der Waals surface area contributed by atoms with Crippen LogP contribution in [0.2, 0.25) is 0 Å². The molecule has 0 radical (unpaired) electrons. The van der Waals surface area contributed by atoms with Crippen molar-refractivity contribution in [3.8, 4) is 0 Å². The maximum atomic E-state index is 10.9. The quantitative estimate of drug-likeness (QED) is 0.737. The third-order valence-electron chi connectivity index (χ3n) is 2.08. The molecule has 1 atom stereocenters. The van der Waals surface area contributed by atoms with Gasteiger partial charge in [0.05, 0.1) is 13.7 Å². The fourth-order valence-corrected chi connectivity index (χ4v) is 1.17. The lowest BCUT2D eigenvalue weighted by atomic mass is 10.1. The molecular formula is C11H15NO2. The Labute approximate surface area is 84.1 Å². The molecule has 0 spiro atoms. The number of hydrogen-bond acceptors (Lipinski definition) is 3. The van der Waals surface area contributed by atoms with Crippen LogP contribution in [0.1, 0.15) is 18.5 Å². The van der Waals surface area contributed by atoms with Crippen LogP contribution in [-0.4, -0.2) is 19.6 Å². The van der Waals surface area contributed by atoms with Gasteiger partial charge in [-0.1, -0.05) is 30.3 Å². The molecule has 0 aliphatic carbocycles. The summed E-state index contributed by atoms with van der Waals surface area (Å²) in [5.74, 6) is -0.243.